The maximum absolute atomic E-state index is 12.3. The minimum Gasteiger partial charge on any atom is -0.399 e. The highest BCUT2D eigenvalue weighted by atomic mass is 32.2. The molecule has 0 radical (unpaired) electrons. The Morgan fingerprint density at radius 2 is 2.05 bits per heavy atom. The molecule has 1 aromatic heterocycles. The predicted molar refractivity (Wildman–Crippen MR) is 74.3 cm³/mol. The number of hydrogen-bond acceptors (Lipinski definition) is 7. The van der Waals surface area contributed by atoms with Crippen LogP contribution in [0.15, 0.2) is 27.6 Å². The number of nitrogens with two attached hydrogens (primary N) is 1. The largest absolute Gasteiger partial charge is 0.399 e. The van der Waals surface area contributed by atoms with Crippen LogP contribution in [0.4, 0.5) is 17.3 Å². The van der Waals surface area contributed by atoms with Gasteiger partial charge >= 0.3 is 0 Å². The van der Waals surface area contributed by atoms with E-state index >= 15 is 0 Å². The van der Waals surface area contributed by atoms with Gasteiger partial charge in [0.1, 0.15) is 0 Å². The number of sulfonamides is 1. The van der Waals surface area contributed by atoms with Crippen molar-refractivity contribution in [3.05, 3.63) is 39.6 Å². The molecule has 0 aliphatic rings. The van der Waals surface area contributed by atoms with Crippen molar-refractivity contribution in [1.29, 1.82) is 0 Å². The van der Waals surface area contributed by atoms with Crippen LogP contribution in [0.1, 0.15) is 11.3 Å². The highest BCUT2D eigenvalue weighted by Gasteiger charge is 2.28. The number of benzene rings is 1. The maximum atomic E-state index is 12.3. The smallest absolute Gasteiger partial charge is 0.290 e. The Kier molecular flexibility index (Phi) is 3.56. The molecule has 0 aliphatic carbocycles. The Morgan fingerprint density at radius 1 is 1.38 bits per heavy atom. The Hall–Kier alpha value is -2.62. The van der Waals surface area contributed by atoms with Crippen LogP contribution in [0.2, 0.25) is 0 Å². The number of nitrogens with one attached hydrogen (secondary N) is 1. The lowest BCUT2D eigenvalue weighted by Crippen LogP contribution is -2.15. The number of anilines is 2. The fraction of sp³-hybridized carbons (Fsp3) is 0.182. The molecule has 0 fully saturated rings. The van der Waals surface area contributed by atoms with Crippen molar-refractivity contribution in [3.8, 4) is 0 Å². The van der Waals surface area contributed by atoms with Gasteiger partial charge in [-0.3, -0.25) is 10.1 Å². The molecule has 0 atom stereocenters. The standard InChI is InChI=1S/C11H12N4O5S/c1-6-7(2)13-20-11(6)14-21(18,19)10-5-8(12)3-4-9(10)15(16)17/h3-5,14H,12H2,1-2H3. The van der Waals surface area contributed by atoms with Gasteiger partial charge in [-0.1, -0.05) is 5.16 Å². The van der Waals surface area contributed by atoms with Crippen LogP contribution in [0.5, 0.6) is 0 Å². The van der Waals surface area contributed by atoms with E-state index < -0.39 is 25.5 Å². The molecule has 0 bridgehead atoms. The highest BCUT2D eigenvalue weighted by molar-refractivity contribution is 7.92. The average Bonchev–Trinajstić information content (AvgIpc) is 2.70. The number of nitrogens with zero attached hydrogens (tertiary/aromatic N) is 2. The van der Waals surface area contributed by atoms with Gasteiger partial charge in [-0.05, 0) is 26.0 Å². The van der Waals surface area contributed by atoms with E-state index in [9.17, 15) is 18.5 Å². The Morgan fingerprint density at radius 3 is 2.57 bits per heavy atom. The van der Waals surface area contributed by atoms with Crippen LogP contribution in [-0.4, -0.2) is 18.5 Å². The maximum Gasteiger partial charge on any atom is 0.290 e. The molecule has 0 saturated carbocycles. The molecule has 0 spiro atoms. The zero-order chi connectivity index (χ0) is 15.8. The summed E-state index contributed by atoms with van der Waals surface area (Å²) in [5.41, 5.74) is 6.01. The minimum atomic E-state index is -4.23. The number of nitrogen functional groups attached to an aromatic ring is 1. The molecule has 0 saturated heterocycles. The van der Waals surface area contributed by atoms with E-state index in [4.69, 9.17) is 10.3 Å². The van der Waals surface area contributed by atoms with Gasteiger partial charge in [0.2, 0.25) is 5.88 Å². The van der Waals surface area contributed by atoms with E-state index in [1.807, 2.05) is 0 Å². The Balaban J connectivity index is 2.52. The Labute approximate surface area is 119 Å². The normalized spacial score (nSPS) is 11.3. The van der Waals surface area contributed by atoms with Crippen molar-refractivity contribution in [3.63, 3.8) is 0 Å². The first kappa shape index (κ1) is 14.8. The number of nitro groups is 1. The summed E-state index contributed by atoms with van der Waals surface area (Å²) in [6, 6.07) is 3.29. The van der Waals surface area contributed by atoms with Crippen LogP contribution in [0, 0.1) is 24.0 Å². The van der Waals surface area contributed by atoms with E-state index in [1.165, 1.54) is 6.07 Å². The zero-order valence-corrected chi connectivity index (χ0v) is 12.0. The van der Waals surface area contributed by atoms with Gasteiger partial charge in [-0.15, -0.1) is 0 Å². The molecule has 9 nitrogen and oxygen atoms in total. The third-order valence-corrected chi connectivity index (χ3v) is 4.21. The van der Waals surface area contributed by atoms with Gasteiger partial charge in [0.25, 0.3) is 15.7 Å². The van der Waals surface area contributed by atoms with Crippen LogP contribution in [0.3, 0.4) is 0 Å². The van der Waals surface area contributed by atoms with E-state index in [-0.39, 0.29) is 11.6 Å². The monoisotopic (exact) mass is 312 g/mol. The molecule has 0 aliphatic heterocycles. The highest BCUT2D eigenvalue weighted by Crippen LogP contribution is 2.29. The van der Waals surface area contributed by atoms with Gasteiger partial charge in [-0.25, -0.2) is 13.1 Å². The van der Waals surface area contributed by atoms with Crippen molar-refractivity contribution in [1.82, 2.24) is 5.16 Å². The summed E-state index contributed by atoms with van der Waals surface area (Å²) in [7, 11) is -4.23. The first-order valence-electron chi connectivity index (χ1n) is 5.72. The van der Waals surface area contributed by atoms with Gasteiger partial charge in [0, 0.05) is 17.3 Å². The number of rotatable bonds is 4. The molecule has 112 valence electrons. The Bertz CT molecular complexity index is 812. The summed E-state index contributed by atoms with van der Waals surface area (Å²) in [5.74, 6) is -0.0933. The first-order chi connectivity index (χ1) is 9.72. The fourth-order valence-electron chi connectivity index (χ4n) is 1.58. The third-order valence-electron chi connectivity index (χ3n) is 2.85. The lowest BCUT2D eigenvalue weighted by Gasteiger charge is -2.07. The molecule has 0 amide bonds. The van der Waals surface area contributed by atoms with Crippen LogP contribution in [0.25, 0.3) is 0 Å². The predicted octanol–water partition coefficient (Wildman–Crippen LogP) is 1.58. The van der Waals surface area contributed by atoms with Gasteiger partial charge in [0.05, 0.1) is 10.6 Å². The van der Waals surface area contributed by atoms with Gasteiger partial charge < -0.3 is 10.3 Å². The number of nitro benzene ring substituents is 1. The molecular weight excluding hydrogens is 300 g/mol. The summed E-state index contributed by atoms with van der Waals surface area (Å²) in [6.45, 7) is 3.25. The van der Waals surface area contributed by atoms with Crippen molar-refractivity contribution in [2.24, 2.45) is 0 Å². The fourth-order valence-corrected chi connectivity index (χ4v) is 2.84. The summed E-state index contributed by atoms with van der Waals surface area (Å²) in [4.78, 5) is 9.60. The number of aromatic nitrogens is 1. The second kappa shape index (κ2) is 5.05. The second-order valence-electron chi connectivity index (χ2n) is 4.31. The quantitative estimate of drug-likeness (QED) is 0.496. The summed E-state index contributed by atoms with van der Waals surface area (Å²) in [5, 5.41) is 14.5. The van der Waals surface area contributed by atoms with E-state index in [1.54, 1.807) is 13.8 Å². The molecule has 1 heterocycles. The topological polar surface area (TPSA) is 141 Å². The molecule has 10 heteroatoms. The lowest BCUT2D eigenvalue weighted by atomic mass is 10.3. The molecule has 0 unspecified atom stereocenters. The molecule has 2 rings (SSSR count). The molecule has 1 aromatic carbocycles. The SMILES string of the molecule is Cc1noc(NS(=O)(=O)c2cc(N)ccc2[N+](=O)[O-])c1C. The van der Waals surface area contributed by atoms with Crippen molar-refractivity contribution < 1.29 is 17.9 Å². The molecule has 21 heavy (non-hydrogen) atoms. The van der Waals surface area contributed by atoms with Crippen LogP contribution < -0.4 is 10.5 Å². The second-order valence-corrected chi connectivity index (χ2v) is 5.96. The minimum absolute atomic E-state index is 0.0893. The number of hydrogen-bond donors (Lipinski definition) is 2. The third kappa shape index (κ3) is 2.79. The van der Waals surface area contributed by atoms with Crippen molar-refractivity contribution in [2.75, 3.05) is 10.5 Å². The summed E-state index contributed by atoms with van der Waals surface area (Å²) >= 11 is 0. The first-order valence-corrected chi connectivity index (χ1v) is 7.20. The van der Waals surface area contributed by atoms with E-state index in [2.05, 4.69) is 9.88 Å². The zero-order valence-electron chi connectivity index (χ0n) is 11.2. The summed E-state index contributed by atoms with van der Waals surface area (Å²) in [6.07, 6.45) is 0. The molecule has 2 aromatic rings. The lowest BCUT2D eigenvalue weighted by molar-refractivity contribution is -0.387. The van der Waals surface area contributed by atoms with Crippen molar-refractivity contribution >= 4 is 27.3 Å². The molecular formula is C11H12N4O5S. The van der Waals surface area contributed by atoms with E-state index in [0.29, 0.717) is 11.3 Å². The van der Waals surface area contributed by atoms with Crippen molar-refractivity contribution in [2.45, 2.75) is 18.7 Å². The number of aryl methyl sites for hydroxylation is 1. The average molecular weight is 312 g/mol. The van der Waals surface area contributed by atoms with Crippen LogP contribution >= 0.6 is 0 Å². The van der Waals surface area contributed by atoms with E-state index in [0.717, 1.165) is 12.1 Å². The summed E-state index contributed by atoms with van der Waals surface area (Å²) < 4.78 is 31.5. The van der Waals surface area contributed by atoms with Gasteiger partial charge in [0.15, 0.2) is 4.90 Å². The molecule has 3 N–H and O–H groups in total. The van der Waals surface area contributed by atoms with Crippen LogP contribution in [-0.2, 0) is 10.0 Å². The van der Waals surface area contributed by atoms with Gasteiger partial charge in [-0.2, -0.15) is 0 Å².